The van der Waals surface area contributed by atoms with Crippen molar-refractivity contribution in [2.24, 2.45) is 5.92 Å². The number of carbonyl (C=O) groups excluding carboxylic acids is 2. The molecular formula is C9H9N3O5. The molecule has 2 heterocycles. The van der Waals surface area contributed by atoms with Gasteiger partial charge in [-0.05, 0) is 12.1 Å². The van der Waals surface area contributed by atoms with E-state index in [1.54, 1.807) is 0 Å². The third kappa shape index (κ3) is 2.17. The Kier molecular flexibility index (Phi) is 2.90. The van der Waals surface area contributed by atoms with E-state index < -0.39 is 29.6 Å². The third-order valence-electron chi connectivity index (χ3n) is 2.21. The van der Waals surface area contributed by atoms with E-state index in [-0.39, 0.29) is 5.69 Å². The van der Waals surface area contributed by atoms with Gasteiger partial charge >= 0.3 is 5.97 Å². The molecule has 1 saturated heterocycles. The molecule has 1 aromatic rings. The van der Waals surface area contributed by atoms with E-state index >= 15 is 0 Å². The van der Waals surface area contributed by atoms with Crippen LogP contribution in [0.4, 0.5) is 5.69 Å². The van der Waals surface area contributed by atoms with Crippen molar-refractivity contribution in [1.82, 2.24) is 10.5 Å². The number of aliphatic hydroxyl groups excluding tert-OH is 1. The first-order valence-electron chi connectivity index (χ1n) is 4.72. The lowest BCUT2D eigenvalue weighted by atomic mass is 10.1. The van der Waals surface area contributed by atoms with Gasteiger partial charge in [-0.3, -0.25) is 9.59 Å². The number of hydrogen-bond acceptors (Lipinski definition) is 6. The van der Waals surface area contributed by atoms with Gasteiger partial charge in [0.15, 0.2) is 12.1 Å². The van der Waals surface area contributed by atoms with Gasteiger partial charge in [0.25, 0.3) is 5.56 Å². The van der Waals surface area contributed by atoms with Crippen LogP contribution in [-0.2, 0) is 14.4 Å². The fourth-order valence-electron chi connectivity index (χ4n) is 1.36. The third-order valence-corrected chi connectivity index (χ3v) is 2.21. The Hall–Kier alpha value is -2.19. The number of anilines is 1. The zero-order valence-electron chi connectivity index (χ0n) is 8.47. The first-order valence-corrected chi connectivity index (χ1v) is 4.72. The maximum absolute atomic E-state index is 11.6. The maximum Gasteiger partial charge on any atom is 0.341 e. The molecule has 0 spiro atoms. The summed E-state index contributed by atoms with van der Waals surface area (Å²) in [7, 11) is 0. The molecule has 0 aromatic carbocycles. The second kappa shape index (κ2) is 4.36. The van der Waals surface area contributed by atoms with Gasteiger partial charge in [0.1, 0.15) is 5.69 Å². The summed E-state index contributed by atoms with van der Waals surface area (Å²) in [5, 5.41) is 11.5. The monoisotopic (exact) mass is 239 g/mol. The molecule has 0 saturated carbocycles. The van der Waals surface area contributed by atoms with Crippen LogP contribution in [-0.4, -0.2) is 28.2 Å². The largest absolute Gasteiger partial charge is 0.374 e. The first kappa shape index (κ1) is 11.3. The number of aromatic nitrogens is 1. The van der Waals surface area contributed by atoms with Crippen LogP contribution < -0.4 is 16.4 Å². The number of hydroxylamine groups is 1. The zero-order chi connectivity index (χ0) is 12.4. The fourth-order valence-corrected chi connectivity index (χ4v) is 1.36. The summed E-state index contributed by atoms with van der Waals surface area (Å²) < 4.78 is 0. The molecule has 1 fully saturated rings. The van der Waals surface area contributed by atoms with Crippen LogP contribution in [0.25, 0.3) is 0 Å². The lowest BCUT2D eigenvalue weighted by Crippen LogP contribution is -2.37. The van der Waals surface area contributed by atoms with E-state index in [1.165, 1.54) is 18.3 Å². The Morgan fingerprint density at radius 2 is 2.24 bits per heavy atom. The van der Waals surface area contributed by atoms with Crippen molar-refractivity contribution in [3.63, 3.8) is 0 Å². The first-order chi connectivity index (χ1) is 8.09. The molecule has 90 valence electrons. The molecule has 17 heavy (non-hydrogen) atoms. The van der Waals surface area contributed by atoms with E-state index in [9.17, 15) is 19.5 Å². The minimum Gasteiger partial charge on any atom is -0.374 e. The predicted molar refractivity (Wildman–Crippen MR) is 54.4 cm³/mol. The molecular weight excluding hydrogens is 230 g/mol. The Morgan fingerprint density at radius 3 is 2.82 bits per heavy atom. The van der Waals surface area contributed by atoms with Gasteiger partial charge in [-0.1, -0.05) is 0 Å². The summed E-state index contributed by atoms with van der Waals surface area (Å²) in [5.74, 6) is -3.11. The summed E-state index contributed by atoms with van der Waals surface area (Å²) in [5.41, 5.74) is 1.45. The van der Waals surface area contributed by atoms with Gasteiger partial charge in [0.05, 0.1) is 0 Å². The van der Waals surface area contributed by atoms with Crippen LogP contribution in [0.3, 0.4) is 0 Å². The minimum atomic E-state index is -1.43. The number of nitrogens with one attached hydrogen (secondary N) is 3. The highest BCUT2D eigenvalue weighted by Gasteiger charge is 2.41. The van der Waals surface area contributed by atoms with Crippen LogP contribution in [0.2, 0.25) is 0 Å². The predicted octanol–water partition coefficient (Wildman–Crippen LogP) is -1.69. The Bertz CT molecular complexity index is 511. The highest BCUT2D eigenvalue weighted by atomic mass is 16.7. The van der Waals surface area contributed by atoms with Crippen molar-refractivity contribution in [3.8, 4) is 0 Å². The number of H-pyrrole nitrogens is 1. The van der Waals surface area contributed by atoms with Gasteiger partial charge < -0.3 is 20.2 Å². The highest BCUT2D eigenvalue weighted by Crippen LogP contribution is 2.13. The Balaban J connectivity index is 2.15. The molecule has 4 N–H and O–H groups in total. The second-order valence-corrected chi connectivity index (χ2v) is 3.36. The van der Waals surface area contributed by atoms with Crippen LogP contribution in [0.1, 0.15) is 0 Å². The number of aromatic amines is 1. The minimum absolute atomic E-state index is 0.00981. The van der Waals surface area contributed by atoms with Gasteiger partial charge in [0, 0.05) is 6.20 Å². The van der Waals surface area contributed by atoms with Crippen LogP contribution in [0, 0.1) is 5.92 Å². The van der Waals surface area contributed by atoms with Crippen LogP contribution in [0.5, 0.6) is 0 Å². The lowest BCUT2D eigenvalue weighted by Gasteiger charge is -2.09. The van der Waals surface area contributed by atoms with E-state index in [2.05, 4.69) is 15.1 Å². The van der Waals surface area contributed by atoms with Gasteiger partial charge in [-0.25, -0.2) is 4.79 Å². The summed E-state index contributed by atoms with van der Waals surface area (Å²) in [6.07, 6.45) is -0.0246. The van der Waals surface area contributed by atoms with Crippen molar-refractivity contribution < 1.29 is 19.5 Å². The van der Waals surface area contributed by atoms with Crippen molar-refractivity contribution in [2.45, 2.75) is 6.23 Å². The number of hydrogen-bond donors (Lipinski definition) is 4. The smallest absolute Gasteiger partial charge is 0.341 e. The van der Waals surface area contributed by atoms with Gasteiger partial charge in [-0.2, -0.15) is 0 Å². The van der Waals surface area contributed by atoms with Gasteiger partial charge in [-0.15, -0.1) is 5.48 Å². The molecule has 8 heteroatoms. The quantitative estimate of drug-likeness (QED) is 0.457. The summed E-state index contributed by atoms with van der Waals surface area (Å²) in [6, 6.07) is 2.88. The standard InChI is InChI=1S/C9H9N3O5/c13-6-4(2-1-3-10-6)11-7(14)5-8(15)12-17-9(5)16/h1-3,5,8,12,15H,(H,10,13)(H,11,14). The normalized spacial score (nSPS) is 23.2. The average Bonchev–Trinajstić information content (AvgIpc) is 2.62. The zero-order valence-corrected chi connectivity index (χ0v) is 8.47. The molecule has 1 amide bonds. The number of aliphatic hydroxyl groups is 1. The molecule has 2 unspecified atom stereocenters. The molecule has 0 radical (unpaired) electrons. The maximum atomic E-state index is 11.6. The Morgan fingerprint density at radius 1 is 1.47 bits per heavy atom. The van der Waals surface area contributed by atoms with Crippen LogP contribution >= 0.6 is 0 Å². The molecule has 1 aliphatic rings. The summed E-state index contributed by atoms with van der Waals surface area (Å²) in [4.78, 5) is 40.6. The van der Waals surface area contributed by atoms with E-state index in [0.29, 0.717) is 0 Å². The fraction of sp³-hybridized carbons (Fsp3) is 0.222. The summed E-state index contributed by atoms with van der Waals surface area (Å²) in [6.45, 7) is 0. The number of pyridine rings is 1. The molecule has 0 bridgehead atoms. The molecule has 0 aliphatic carbocycles. The van der Waals surface area contributed by atoms with Crippen LogP contribution in [0.15, 0.2) is 23.1 Å². The van der Waals surface area contributed by atoms with Gasteiger partial charge in [0.2, 0.25) is 5.91 Å². The van der Waals surface area contributed by atoms with E-state index in [4.69, 9.17) is 0 Å². The molecule has 1 aliphatic heterocycles. The number of rotatable bonds is 2. The average molecular weight is 239 g/mol. The molecule has 1 aromatic heterocycles. The number of carbonyl (C=O) groups is 2. The topological polar surface area (TPSA) is 121 Å². The number of amides is 1. The second-order valence-electron chi connectivity index (χ2n) is 3.36. The molecule has 8 nitrogen and oxygen atoms in total. The SMILES string of the molecule is O=C(Nc1ccc[nH]c1=O)C1C(=O)ONC1O. The van der Waals surface area contributed by atoms with Crippen molar-refractivity contribution in [2.75, 3.05) is 5.32 Å². The Labute approximate surface area is 94.6 Å². The lowest BCUT2D eigenvalue weighted by molar-refractivity contribution is -0.147. The highest BCUT2D eigenvalue weighted by molar-refractivity contribution is 6.05. The van der Waals surface area contributed by atoms with Crippen molar-refractivity contribution in [1.29, 1.82) is 0 Å². The van der Waals surface area contributed by atoms with E-state index in [0.717, 1.165) is 0 Å². The van der Waals surface area contributed by atoms with E-state index in [1.807, 2.05) is 5.48 Å². The van der Waals surface area contributed by atoms with Crippen molar-refractivity contribution in [3.05, 3.63) is 28.7 Å². The summed E-state index contributed by atoms with van der Waals surface area (Å²) >= 11 is 0. The van der Waals surface area contributed by atoms with Crippen molar-refractivity contribution >= 4 is 17.6 Å². The molecule has 2 rings (SSSR count). The molecule has 2 atom stereocenters.